The Morgan fingerprint density at radius 1 is 0.925 bits per heavy atom. The van der Waals surface area contributed by atoms with Crippen molar-refractivity contribution in [3.05, 3.63) is 95.6 Å². The van der Waals surface area contributed by atoms with Crippen LogP contribution in [0.2, 0.25) is 0 Å². The summed E-state index contributed by atoms with van der Waals surface area (Å²) in [4.78, 5) is 45.9. The fourth-order valence-corrected chi connectivity index (χ4v) is 5.88. The van der Waals surface area contributed by atoms with Crippen molar-refractivity contribution in [3.8, 4) is 0 Å². The average molecular weight is 539 g/mol. The number of aryl methyl sites for hydroxylation is 2. The number of likely N-dealkylation sites (tertiary alicyclic amines) is 1. The highest BCUT2D eigenvalue weighted by molar-refractivity contribution is 6.00. The lowest BCUT2D eigenvalue weighted by atomic mass is 9.85. The van der Waals surface area contributed by atoms with E-state index in [1.807, 2.05) is 90.7 Å². The van der Waals surface area contributed by atoms with Gasteiger partial charge in [-0.2, -0.15) is 0 Å². The number of unbranched alkanes of at least 4 members (excludes halogenated alkanes) is 1. The molecule has 0 saturated carbocycles. The van der Waals surface area contributed by atoms with Gasteiger partial charge in [-0.1, -0.05) is 55.8 Å². The summed E-state index contributed by atoms with van der Waals surface area (Å²) in [7, 11) is 0. The van der Waals surface area contributed by atoms with E-state index in [9.17, 15) is 14.4 Å². The van der Waals surface area contributed by atoms with Crippen LogP contribution in [0.15, 0.2) is 78.9 Å². The summed E-state index contributed by atoms with van der Waals surface area (Å²) in [5.41, 5.74) is 3.86. The number of nitrogens with one attached hydrogen (secondary N) is 1. The van der Waals surface area contributed by atoms with Crippen LogP contribution in [0.4, 0.5) is 11.4 Å². The number of nitrogens with zero attached hydrogens (tertiary/aromatic N) is 3. The van der Waals surface area contributed by atoms with E-state index >= 15 is 0 Å². The first-order valence-corrected chi connectivity index (χ1v) is 14.3. The zero-order valence-electron chi connectivity index (χ0n) is 23.4. The van der Waals surface area contributed by atoms with Crippen LogP contribution in [0, 0.1) is 6.92 Å². The van der Waals surface area contributed by atoms with Gasteiger partial charge in [-0.15, -0.1) is 0 Å². The Bertz CT molecular complexity index is 1350. The topological polar surface area (TPSA) is 73.0 Å². The lowest BCUT2D eigenvalue weighted by Crippen LogP contribution is -2.57. The van der Waals surface area contributed by atoms with Crippen molar-refractivity contribution >= 4 is 29.1 Å². The molecule has 2 saturated heterocycles. The number of hydrogen-bond acceptors (Lipinski definition) is 4. The Hall–Kier alpha value is -4.13. The molecule has 208 valence electrons. The summed E-state index contributed by atoms with van der Waals surface area (Å²) in [5.74, 6) is -0.273. The van der Waals surface area contributed by atoms with E-state index in [0.29, 0.717) is 38.2 Å². The smallest absolute Gasteiger partial charge is 0.253 e. The number of para-hydroxylation sites is 1. The molecule has 0 radical (unpaired) electrons. The highest BCUT2D eigenvalue weighted by Gasteiger charge is 2.54. The van der Waals surface area contributed by atoms with Gasteiger partial charge in [0.25, 0.3) is 11.8 Å². The minimum Gasteiger partial charge on any atom is -0.339 e. The summed E-state index contributed by atoms with van der Waals surface area (Å²) < 4.78 is 0. The maximum absolute atomic E-state index is 14.0. The largest absolute Gasteiger partial charge is 0.339 e. The SMILES string of the molecule is CCCCc1ccc(C(=O)N2CCC3(CC2)C(=O)N(CC(=O)Nc2cccc(C)c2)CN3c2ccccc2)cc1. The first-order chi connectivity index (χ1) is 19.4. The quantitative estimate of drug-likeness (QED) is 0.425. The lowest BCUT2D eigenvalue weighted by Gasteiger charge is -2.43. The molecule has 0 aromatic heterocycles. The molecule has 5 rings (SSSR count). The van der Waals surface area contributed by atoms with Gasteiger partial charge in [0, 0.05) is 30.0 Å². The molecule has 3 aromatic rings. The van der Waals surface area contributed by atoms with Crippen molar-refractivity contribution in [3.63, 3.8) is 0 Å². The lowest BCUT2D eigenvalue weighted by molar-refractivity contribution is -0.136. The predicted octanol–water partition coefficient (Wildman–Crippen LogP) is 5.26. The third kappa shape index (κ3) is 5.74. The highest BCUT2D eigenvalue weighted by Crippen LogP contribution is 2.39. The van der Waals surface area contributed by atoms with Gasteiger partial charge in [-0.25, -0.2) is 0 Å². The number of amides is 3. The van der Waals surface area contributed by atoms with Crippen molar-refractivity contribution in [2.24, 2.45) is 0 Å². The van der Waals surface area contributed by atoms with Crippen molar-refractivity contribution in [2.45, 2.75) is 51.5 Å². The third-order valence-electron chi connectivity index (χ3n) is 8.12. The molecule has 0 aliphatic carbocycles. The Morgan fingerprint density at radius 3 is 2.33 bits per heavy atom. The zero-order chi connectivity index (χ0) is 28.1. The van der Waals surface area contributed by atoms with Crippen LogP contribution in [0.1, 0.15) is 54.1 Å². The maximum atomic E-state index is 14.0. The number of rotatable bonds is 8. The van der Waals surface area contributed by atoms with E-state index < -0.39 is 5.54 Å². The monoisotopic (exact) mass is 538 g/mol. The molecule has 2 aliphatic heterocycles. The second kappa shape index (κ2) is 11.9. The van der Waals surface area contributed by atoms with Gasteiger partial charge in [0.15, 0.2) is 0 Å². The van der Waals surface area contributed by atoms with Crippen molar-refractivity contribution in [2.75, 3.05) is 36.5 Å². The minimum absolute atomic E-state index is 0.00277. The Kier molecular flexibility index (Phi) is 8.19. The molecular weight excluding hydrogens is 500 g/mol. The summed E-state index contributed by atoms with van der Waals surface area (Å²) in [6.07, 6.45) is 4.32. The Balaban J connectivity index is 1.30. The summed E-state index contributed by atoms with van der Waals surface area (Å²) in [6.45, 7) is 5.42. The molecule has 3 aromatic carbocycles. The van der Waals surface area contributed by atoms with E-state index in [4.69, 9.17) is 0 Å². The number of carbonyl (C=O) groups excluding carboxylic acids is 3. The van der Waals surface area contributed by atoms with Crippen LogP contribution >= 0.6 is 0 Å². The van der Waals surface area contributed by atoms with Crippen LogP contribution in [-0.2, 0) is 16.0 Å². The Morgan fingerprint density at radius 2 is 1.65 bits per heavy atom. The molecule has 0 unspecified atom stereocenters. The first kappa shape index (κ1) is 27.4. The molecule has 1 spiro atoms. The molecule has 7 heteroatoms. The predicted molar refractivity (Wildman–Crippen MR) is 158 cm³/mol. The minimum atomic E-state index is -0.786. The van der Waals surface area contributed by atoms with Crippen LogP contribution in [-0.4, -0.2) is 59.4 Å². The van der Waals surface area contributed by atoms with Crippen molar-refractivity contribution in [1.29, 1.82) is 0 Å². The van der Waals surface area contributed by atoms with Gasteiger partial charge in [-0.3, -0.25) is 14.4 Å². The van der Waals surface area contributed by atoms with Crippen molar-refractivity contribution in [1.82, 2.24) is 9.80 Å². The van der Waals surface area contributed by atoms with Crippen LogP contribution in [0.3, 0.4) is 0 Å². The highest BCUT2D eigenvalue weighted by atomic mass is 16.2. The number of hydrogen-bond donors (Lipinski definition) is 1. The normalized spacial score (nSPS) is 16.4. The molecule has 0 bridgehead atoms. The van der Waals surface area contributed by atoms with Gasteiger partial charge in [0.2, 0.25) is 5.91 Å². The fourth-order valence-electron chi connectivity index (χ4n) is 5.88. The van der Waals surface area contributed by atoms with E-state index in [1.54, 1.807) is 4.90 Å². The molecule has 7 nitrogen and oxygen atoms in total. The van der Waals surface area contributed by atoms with E-state index in [2.05, 4.69) is 17.1 Å². The number of benzene rings is 3. The standard InChI is InChI=1S/C33H38N4O3/c1-3-4-10-26-14-16-27(17-15-26)31(39)35-20-18-33(19-21-35)32(40)36(24-37(33)29-12-6-5-7-13-29)23-30(38)34-28-11-8-9-25(2)22-28/h5-9,11-17,22H,3-4,10,18-21,23-24H2,1-2H3,(H,34,38). The second-order valence-corrected chi connectivity index (χ2v) is 11.0. The number of carbonyl (C=O) groups is 3. The summed E-state index contributed by atoms with van der Waals surface area (Å²) in [6, 6.07) is 25.4. The van der Waals surface area contributed by atoms with Gasteiger partial charge in [0.1, 0.15) is 12.1 Å². The van der Waals surface area contributed by atoms with Crippen LogP contribution < -0.4 is 10.2 Å². The molecule has 40 heavy (non-hydrogen) atoms. The average Bonchev–Trinajstić information content (AvgIpc) is 3.23. The number of anilines is 2. The summed E-state index contributed by atoms with van der Waals surface area (Å²) in [5, 5.41) is 2.93. The van der Waals surface area contributed by atoms with E-state index in [-0.39, 0.29) is 24.3 Å². The maximum Gasteiger partial charge on any atom is 0.253 e. The van der Waals surface area contributed by atoms with Crippen LogP contribution in [0.25, 0.3) is 0 Å². The molecular formula is C33H38N4O3. The molecule has 3 amide bonds. The molecule has 0 atom stereocenters. The molecule has 2 heterocycles. The van der Waals surface area contributed by atoms with Gasteiger partial charge >= 0.3 is 0 Å². The second-order valence-electron chi connectivity index (χ2n) is 11.0. The van der Waals surface area contributed by atoms with Crippen molar-refractivity contribution < 1.29 is 14.4 Å². The fraction of sp³-hybridized carbons (Fsp3) is 0.364. The Labute approximate surface area is 236 Å². The third-order valence-corrected chi connectivity index (χ3v) is 8.12. The number of piperidine rings is 1. The van der Waals surface area contributed by atoms with Gasteiger partial charge in [-0.05, 0) is 80.1 Å². The molecule has 1 N–H and O–H groups in total. The van der Waals surface area contributed by atoms with Gasteiger partial charge in [0.05, 0.1) is 6.67 Å². The summed E-state index contributed by atoms with van der Waals surface area (Å²) >= 11 is 0. The molecule has 2 aliphatic rings. The van der Waals surface area contributed by atoms with E-state index in [0.717, 1.165) is 36.2 Å². The first-order valence-electron chi connectivity index (χ1n) is 14.3. The van der Waals surface area contributed by atoms with Crippen LogP contribution in [0.5, 0.6) is 0 Å². The zero-order valence-corrected chi connectivity index (χ0v) is 23.4. The molecule has 2 fully saturated rings. The van der Waals surface area contributed by atoms with Gasteiger partial charge < -0.3 is 20.0 Å². The van der Waals surface area contributed by atoms with E-state index in [1.165, 1.54) is 5.56 Å².